The summed E-state index contributed by atoms with van der Waals surface area (Å²) in [6, 6.07) is 7.48. The van der Waals surface area contributed by atoms with Crippen molar-refractivity contribution in [3.63, 3.8) is 0 Å². The summed E-state index contributed by atoms with van der Waals surface area (Å²) < 4.78 is 32.2. The summed E-state index contributed by atoms with van der Waals surface area (Å²) >= 11 is 0. The molecule has 0 fully saturated rings. The lowest BCUT2D eigenvalue weighted by molar-refractivity contribution is 0.522. The molecule has 0 atom stereocenters. The number of fused-ring (bicyclic) bond motifs is 1. The zero-order valence-electron chi connectivity index (χ0n) is 15.5. The molecule has 3 heterocycles. The smallest absolute Gasteiger partial charge is 0.280 e. The minimum absolute atomic E-state index is 0.00939. The van der Waals surface area contributed by atoms with E-state index in [4.69, 9.17) is 4.98 Å². The molecular formula is C19H23N5O2S. The number of sulfonamides is 1. The lowest BCUT2D eigenvalue weighted by Crippen LogP contribution is -2.14. The Balaban J connectivity index is 1.67. The van der Waals surface area contributed by atoms with Crippen molar-refractivity contribution in [3.8, 4) is 11.3 Å². The summed E-state index contributed by atoms with van der Waals surface area (Å²) in [6.45, 7) is 4.91. The van der Waals surface area contributed by atoms with Crippen LogP contribution in [0.4, 0.5) is 5.69 Å². The van der Waals surface area contributed by atoms with E-state index in [2.05, 4.69) is 14.3 Å². The molecule has 0 amide bonds. The fraction of sp³-hybridized carbons (Fsp3) is 0.368. The first kappa shape index (κ1) is 17.8. The molecule has 0 aliphatic carbocycles. The number of nitrogens with one attached hydrogen (secondary N) is 1. The predicted molar refractivity (Wildman–Crippen MR) is 104 cm³/mol. The molecule has 0 radical (unpaired) electrons. The van der Waals surface area contributed by atoms with Crippen LogP contribution in [0.5, 0.6) is 0 Å². The van der Waals surface area contributed by atoms with Crippen LogP contribution in [0.15, 0.2) is 48.0 Å². The number of hydrogen-bond acceptors (Lipinski definition) is 4. The summed E-state index contributed by atoms with van der Waals surface area (Å²) in [6.07, 6.45) is 8.34. The molecular weight excluding hydrogens is 362 g/mol. The van der Waals surface area contributed by atoms with E-state index < -0.39 is 10.0 Å². The fourth-order valence-electron chi connectivity index (χ4n) is 3.27. The summed E-state index contributed by atoms with van der Waals surface area (Å²) in [5.41, 5.74) is 2.07. The highest BCUT2D eigenvalue weighted by molar-refractivity contribution is 7.92. The van der Waals surface area contributed by atoms with Crippen LogP contribution in [0, 0.1) is 0 Å². The number of aryl methyl sites for hydroxylation is 2. The second-order valence-electron chi connectivity index (χ2n) is 7.10. The third-order valence-electron chi connectivity index (χ3n) is 4.81. The topological polar surface area (TPSA) is 81.8 Å². The Bertz CT molecular complexity index is 1040. The van der Waals surface area contributed by atoms with E-state index in [0.717, 1.165) is 42.9 Å². The molecule has 2 aromatic heterocycles. The van der Waals surface area contributed by atoms with Gasteiger partial charge in [-0.15, -0.1) is 0 Å². The number of imidazole rings is 2. The molecule has 1 aromatic carbocycles. The summed E-state index contributed by atoms with van der Waals surface area (Å²) in [5, 5.41) is 0.00939. The van der Waals surface area contributed by atoms with E-state index in [0.29, 0.717) is 5.69 Å². The lowest BCUT2D eigenvalue weighted by atomic mass is 10.1. The van der Waals surface area contributed by atoms with Crippen molar-refractivity contribution in [2.24, 2.45) is 0 Å². The molecule has 1 aliphatic rings. The van der Waals surface area contributed by atoms with E-state index in [1.165, 1.54) is 6.33 Å². The quantitative estimate of drug-likeness (QED) is 0.729. The monoisotopic (exact) mass is 385 g/mol. The largest absolute Gasteiger partial charge is 0.334 e. The zero-order chi connectivity index (χ0) is 19.0. The molecule has 142 valence electrons. The van der Waals surface area contributed by atoms with Gasteiger partial charge in [-0.1, -0.05) is 18.2 Å². The van der Waals surface area contributed by atoms with Gasteiger partial charge in [0.05, 0.1) is 17.7 Å². The van der Waals surface area contributed by atoms with E-state index in [9.17, 15) is 8.42 Å². The van der Waals surface area contributed by atoms with Crippen molar-refractivity contribution in [2.45, 2.75) is 50.7 Å². The van der Waals surface area contributed by atoms with Gasteiger partial charge in [-0.05, 0) is 32.8 Å². The predicted octanol–water partition coefficient (Wildman–Crippen LogP) is 3.46. The van der Waals surface area contributed by atoms with Crippen molar-refractivity contribution >= 4 is 15.7 Å². The highest BCUT2D eigenvalue weighted by atomic mass is 32.2. The minimum Gasteiger partial charge on any atom is -0.334 e. The molecule has 0 unspecified atom stereocenters. The Morgan fingerprint density at radius 2 is 1.96 bits per heavy atom. The summed E-state index contributed by atoms with van der Waals surface area (Å²) in [7, 11) is -3.78. The minimum atomic E-state index is -3.78. The molecule has 1 aliphatic heterocycles. The van der Waals surface area contributed by atoms with Gasteiger partial charge in [0, 0.05) is 37.0 Å². The standard InChI is InChI=1S/C19H23N5O2S/c1-14(2)24-12-19(20-13-24)27(25,26)22-16-8-4-3-7-15(16)17-11-23-10-6-5-9-18(23)21-17/h3-4,7-8,11-14,22H,5-6,9-10H2,1-2H3. The number of hydrogen-bond donors (Lipinski definition) is 1. The molecule has 7 nitrogen and oxygen atoms in total. The Morgan fingerprint density at radius 1 is 1.15 bits per heavy atom. The normalized spacial score (nSPS) is 14.3. The van der Waals surface area contributed by atoms with Crippen molar-refractivity contribution in [2.75, 3.05) is 4.72 Å². The van der Waals surface area contributed by atoms with E-state index in [1.807, 2.05) is 38.2 Å². The molecule has 0 spiro atoms. The molecule has 27 heavy (non-hydrogen) atoms. The summed E-state index contributed by atoms with van der Waals surface area (Å²) in [5.74, 6) is 1.06. The third-order valence-corrected chi connectivity index (χ3v) is 6.06. The lowest BCUT2D eigenvalue weighted by Gasteiger charge is -2.11. The highest BCUT2D eigenvalue weighted by Crippen LogP contribution is 2.30. The van der Waals surface area contributed by atoms with Crippen LogP contribution in [0.3, 0.4) is 0 Å². The number of nitrogens with zero attached hydrogens (tertiary/aromatic N) is 4. The molecule has 0 saturated carbocycles. The average molecular weight is 385 g/mol. The van der Waals surface area contributed by atoms with Crippen molar-refractivity contribution in [1.82, 2.24) is 19.1 Å². The first-order valence-corrected chi connectivity index (χ1v) is 10.6. The molecule has 1 N–H and O–H groups in total. The molecule has 4 rings (SSSR count). The number of para-hydroxylation sites is 1. The summed E-state index contributed by atoms with van der Waals surface area (Å²) in [4.78, 5) is 8.77. The van der Waals surface area contributed by atoms with Gasteiger partial charge in [0.1, 0.15) is 5.82 Å². The zero-order valence-corrected chi connectivity index (χ0v) is 16.3. The first-order chi connectivity index (χ1) is 12.9. The number of anilines is 1. The maximum Gasteiger partial charge on any atom is 0.280 e. The number of benzene rings is 1. The first-order valence-electron chi connectivity index (χ1n) is 9.16. The van der Waals surface area contributed by atoms with Gasteiger partial charge in [0.15, 0.2) is 5.03 Å². The van der Waals surface area contributed by atoms with Gasteiger partial charge in [-0.3, -0.25) is 4.72 Å². The van der Waals surface area contributed by atoms with Gasteiger partial charge in [0.2, 0.25) is 0 Å². The molecule has 0 bridgehead atoms. The Morgan fingerprint density at radius 3 is 2.70 bits per heavy atom. The van der Waals surface area contributed by atoms with Crippen LogP contribution in [0.2, 0.25) is 0 Å². The van der Waals surface area contributed by atoms with Crippen LogP contribution in [-0.2, 0) is 23.0 Å². The van der Waals surface area contributed by atoms with Crippen LogP contribution in [0.1, 0.15) is 38.6 Å². The van der Waals surface area contributed by atoms with E-state index >= 15 is 0 Å². The Kier molecular flexibility index (Phi) is 4.51. The maximum atomic E-state index is 12.8. The van der Waals surface area contributed by atoms with E-state index in [-0.39, 0.29) is 11.1 Å². The second kappa shape index (κ2) is 6.84. The van der Waals surface area contributed by atoms with Gasteiger partial charge in [-0.25, -0.2) is 9.97 Å². The second-order valence-corrected chi connectivity index (χ2v) is 8.73. The van der Waals surface area contributed by atoms with Gasteiger partial charge < -0.3 is 9.13 Å². The van der Waals surface area contributed by atoms with Crippen molar-refractivity contribution in [3.05, 3.63) is 48.8 Å². The van der Waals surface area contributed by atoms with Crippen LogP contribution in [0.25, 0.3) is 11.3 Å². The molecule has 8 heteroatoms. The number of rotatable bonds is 5. The van der Waals surface area contributed by atoms with E-state index in [1.54, 1.807) is 16.8 Å². The third kappa shape index (κ3) is 3.49. The van der Waals surface area contributed by atoms with Crippen molar-refractivity contribution in [1.29, 1.82) is 0 Å². The van der Waals surface area contributed by atoms with Crippen LogP contribution in [-0.4, -0.2) is 27.5 Å². The maximum absolute atomic E-state index is 12.8. The SMILES string of the molecule is CC(C)n1cnc(S(=O)(=O)Nc2ccccc2-c2cn3c(n2)CCCC3)c1. The number of aromatic nitrogens is 4. The van der Waals surface area contributed by atoms with Gasteiger partial charge in [-0.2, -0.15) is 8.42 Å². The van der Waals surface area contributed by atoms with Crippen molar-refractivity contribution < 1.29 is 8.42 Å². The van der Waals surface area contributed by atoms with Crippen LogP contribution >= 0.6 is 0 Å². The highest BCUT2D eigenvalue weighted by Gasteiger charge is 2.21. The van der Waals surface area contributed by atoms with Gasteiger partial charge >= 0.3 is 0 Å². The molecule has 3 aromatic rings. The Hall–Kier alpha value is -2.61. The van der Waals surface area contributed by atoms with Crippen LogP contribution < -0.4 is 4.72 Å². The Labute approximate surface area is 159 Å². The average Bonchev–Trinajstić information content (AvgIpc) is 3.29. The fourth-order valence-corrected chi connectivity index (χ4v) is 4.29. The molecule has 0 saturated heterocycles. The van der Waals surface area contributed by atoms with Gasteiger partial charge in [0.25, 0.3) is 10.0 Å².